The van der Waals surface area contributed by atoms with Crippen LogP contribution in [0.3, 0.4) is 0 Å². The largest absolute Gasteiger partial charge is 0.439 e. The van der Waals surface area contributed by atoms with Crippen molar-refractivity contribution in [2.45, 2.75) is 23.6 Å². The molecule has 3 aromatic rings. The van der Waals surface area contributed by atoms with Gasteiger partial charge in [0.15, 0.2) is 0 Å². The molecular formula is C21H19FN2O2S. The molecule has 3 rings (SSSR count). The maximum absolute atomic E-state index is 13.3. The third-order valence-corrected chi connectivity index (χ3v) is 4.85. The monoisotopic (exact) mass is 382 g/mol. The zero-order chi connectivity index (χ0) is 19.1. The van der Waals surface area contributed by atoms with E-state index in [0.717, 1.165) is 4.90 Å². The average molecular weight is 382 g/mol. The summed E-state index contributed by atoms with van der Waals surface area (Å²) in [5.41, 5.74) is 0.715. The van der Waals surface area contributed by atoms with Crippen LogP contribution in [0.2, 0.25) is 0 Å². The first-order chi connectivity index (χ1) is 13.1. The highest BCUT2D eigenvalue weighted by atomic mass is 32.2. The first kappa shape index (κ1) is 18.9. The third-order valence-electron chi connectivity index (χ3n) is 3.74. The lowest BCUT2D eigenvalue weighted by Gasteiger charge is -2.14. The highest BCUT2D eigenvalue weighted by Crippen LogP contribution is 2.25. The molecule has 1 unspecified atom stereocenters. The van der Waals surface area contributed by atoms with E-state index in [1.807, 2.05) is 43.3 Å². The Bertz CT molecular complexity index is 905. The molecule has 0 aliphatic carbocycles. The number of aromatic nitrogens is 1. The fourth-order valence-electron chi connectivity index (χ4n) is 2.38. The molecule has 0 saturated heterocycles. The van der Waals surface area contributed by atoms with E-state index >= 15 is 0 Å². The van der Waals surface area contributed by atoms with E-state index in [9.17, 15) is 9.18 Å². The number of ether oxygens (including phenoxy) is 1. The number of benzene rings is 2. The van der Waals surface area contributed by atoms with Crippen molar-refractivity contribution in [2.75, 3.05) is 0 Å². The summed E-state index contributed by atoms with van der Waals surface area (Å²) in [4.78, 5) is 17.6. The summed E-state index contributed by atoms with van der Waals surface area (Å²) in [5.74, 6) is 0.232. The van der Waals surface area contributed by atoms with Crippen molar-refractivity contribution in [3.05, 3.63) is 84.3 Å². The number of hydrogen-bond donors (Lipinski definition) is 1. The molecule has 0 aliphatic rings. The van der Waals surface area contributed by atoms with E-state index in [-0.39, 0.29) is 23.5 Å². The first-order valence-corrected chi connectivity index (χ1v) is 9.36. The Kier molecular flexibility index (Phi) is 6.44. The number of nitrogens with zero attached hydrogens (tertiary/aromatic N) is 1. The van der Waals surface area contributed by atoms with Crippen molar-refractivity contribution in [3.63, 3.8) is 0 Å². The zero-order valence-electron chi connectivity index (χ0n) is 14.8. The van der Waals surface area contributed by atoms with Crippen LogP contribution in [0.1, 0.15) is 12.5 Å². The van der Waals surface area contributed by atoms with Gasteiger partial charge in [0.25, 0.3) is 0 Å². The second kappa shape index (κ2) is 9.19. The van der Waals surface area contributed by atoms with Gasteiger partial charge >= 0.3 is 0 Å². The molecule has 4 nitrogen and oxygen atoms in total. The van der Waals surface area contributed by atoms with Crippen LogP contribution in [0.5, 0.6) is 11.6 Å². The van der Waals surface area contributed by atoms with Crippen molar-refractivity contribution in [1.29, 1.82) is 0 Å². The zero-order valence-corrected chi connectivity index (χ0v) is 15.6. The number of halogens is 1. The van der Waals surface area contributed by atoms with Gasteiger partial charge in [-0.25, -0.2) is 9.37 Å². The van der Waals surface area contributed by atoms with Gasteiger partial charge in [-0.3, -0.25) is 4.79 Å². The highest BCUT2D eigenvalue weighted by Gasteiger charge is 2.15. The number of hydrogen-bond acceptors (Lipinski definition) is 4. The van der Waals surface area contributed by atoms with Gasteiger partial charge in [-0.05, 0) is 37.3 Å². The Morgan fingerprint density at radius 1 is 1.15 bits per heavy atom. The van der Waals surface area contributed by atoms with Crippen molar-refractivity contribution in [2.24, 2.45) is 0 Å². The number of nitrogens with one attached hydrogen (secondary N) is 1. The molecule has 1 heterocycles. The number of carbonyl (C=O) groups is 1. The van der Waals surface area contributed by atoms with Gasteiger partial charge < -0.3 is 10.1 Å². The van der Waals surface area contributed by atoms with Gasteiger partial charge in [-0.1, -0.05) is 30.3 Å². The summed E-state index contributed by atoms with van der Waals surface area (Å²) in [5, 5.41) is 2.66. The quantitative estimate of drug-likeness (QED) is 0.596. The van der Waals surface area contributed by atoms with Gasteiger partial charge in [0, 0.05) is 29.3 Å². The number of carbonyl (C=O) groups excluding carboxylic acids is 1. The van der Waals surface area contributed by atoms with Crippen LogP contribution in [0.4, 0.5) is 4.39 Å². The first-order valence-electron chi connectivity index (χ1n) is 8.48. The second-order valence-corrected chi connectivity index (χ2v) is 7.23. The lowest BCUT2D eigenvalue weighted by Crippen LogP contribution is -2.30. The van der Waals surface area contributed by atoms with E-state index in [1.165, 1.54) is 23.9 Å². The predicted octanol–water partition coefficient (Wildman–Crippen LogP) is 4.81. The maximum atomic E-state index is 13.3. The minimum atomic E-state index is -0.384. The molecule has 1 aromatic heterocycles. The number of thioether (sulfide) groups is 1. The average Bonchev–Trinajstić information content (AvgIpc) is 2.68. The summed E-state index contributed by atoms with van der Waals surface area (Å²) >= 11 is 1.49. The SMILES string of the molecule is CC(Sc1ccccc1)C(=O)NCc1cccnc1Oc1cccc(F)c1. The van der Waals surface area contributed by atoms with Crippen molar-refractivity contribution >= 4 is 17.7 Å². The molecular weight excluding hydrogens is 363 g/mol. The highest BCUT2D eigenvalue weighted by molar-refractivity contribution is 8.00. The van der Waals surface area contributed by atoms with Crippen LogP contribution < -0.4 is 10.1 Å². The number of rotatable bonds is 7. The molecule has 0 aliphatic heterocycles. The normalized spacial score (nSPS) is 11.6. The van der Waals surface area contributed by atoms with E-state index in [2.05, 4.69) is 10.3 Å². The van der Waals surface area contributed by atoms with Gasteiger partial charge in [-0.2, -0.15) is 0 Å². The summed E-state index contributed by atoms with van der Waals surface area (Å²) < 4.78 is 19.0. The van der Waals surface area contributed by atoms with E-state index in [0.29, 0.717) is 17.2 Å². The molecule has 1 atom stereocenters. The molecule has 0 radical (unpaired) electrons. The van der Waals surface area contributed by atoms with Gasteiger partial charge in [0.1, 0.15) is 11.6 Å². The maximum Gasteiger partial charge on any atom is 0.233 e. The fraction of sp³-hybridized carbons (Fsp3) is 0.143. The van der Waals surface area contributed by atoms with Gasteiger partial charge in [-0.15, -0.1) is 11.8 Å². The minimum absolute atomic E-state index is 0.0792. The second-order valence-electron chi connectivity index (χ2n) is 5.82. The van der Waals surface area contributed by atoms with E-state index in [4.69, 9.17) is 4.74 Å². The Balaban J connectivity index is 1.61. The smallest absolute Gasteiger partial charge is 0.233 e. The molecule has 6 heteroatoms. The van der Waals surface area contributed by atoms with Crippen LogP contribution >= 0.6 is 11.8 Å². The molecule has 138 valence electrons. The third kappa shape index (κ3) is 5.56. The van der Waals surface area contributed by atoms with Crippen LogP contribution in [-0.4, -0.2) is 16.1 Å². The number of amides is 1. The van der Waals surface area contributed by atoms with Crippen molar-refractivity contribution in [3.8, 4) is 11.6 Å². The minimum Gasteiger partial charge on any atom is -0.439 e. The van der Waals surface area contributed by atoms with Crippen molar-refractivity contribution < 1.29 is 13.9 Å². The van der Waals surface area contributed by atoms with E-state index in [1.54, 1.807) is 24.4 Å². The molecule has 27 heavy (non-hydrogen) atoms. The number of pyridine rings is 1. The summed E-state index contributed by atoms with van der Waals surface area (Å²) in [7, 11) is 0. The van der Waals surface area contributed by atoms with Crippen LogP contribution in [0, 0.1) is 5.82 Å². The molecule has 2 aromatic carbocycles. The van der Waals surface area contributed by atoms with Crippen molar-refractivity contribution in [1.82, 2.24) is 10.3 Å². The summed E-state index contributed by atoms with van der Waals surface area (Å²) in [6.45, 7) is 2.14. The lowest BCUT2D eigenvalue weighted by atomic mass is 10.2. The Labute approximate surface area is 161 Å². The molecule has 0 bridgehead atoms. The van der Waals surface area contributed by atoms with Gasteiger partial charge in [0.2, 0.25) is 11.8 Å². The molecule has 0 spiro atoms. The fourth-order valence-corrected chi connectivity index (χ4v) is 3.29. The van der Waals surface area contributed by atoms with Crippen LogP contribution in [0.25, 0.3) is 0 Å². The Hall–Kier alpha value is -2.86. The van der Waals surface area contributed by atoms with E-state index < -0.39 is 0 Å². The molecule has 1 N–H and O–H groups in total. The lowest BCUT2D eigenvalue weighted by molar-refractivity contribution is -0.120. The molecule has 0 fully saturated rings. The molecule has 1 amide bonds. The van der Waals surface area contributed by atoms with Crippen LogP contribution in [0.15, 0.2) is 77.8 Å². The Morgan fingerprint density at radius 3 is 2.74 bits per heavy atom. The predicted molar refractivity (Wildman–Crippen MR) is 104 cm³/mol. The summed E-state index contributed by atoms with van der Waals surface area (Å²) in [6, 6.07) is 19.2. The topological polar surface area (TPSA) is 51.2 Å². The molecule has 0 saturated carbocycles. The Morgan fingerprint density at radius 2 is 1.96 bits per heavy atom. The summed E-state index contributed by atoms with van der Waals surface area (Å²) in [6.07, 6.45) is 1.59. The van der Waals surface area contributed by atoms with Crippen LogP contribution in [-0.2, 0) is 11.3 Å². The van der Waals surface area contributed by atoms with Gasteiger partial charge in [0.05, 0.1) is 5.25 Å². The standard InChI is InChI=1S/C21H19FN2O2S/c1-15(27-19-10-3-2-4-11-19)20(25)24-14-16-7-6-12-23-21(16)26-18-9-5-8-17(22)13-18/h2-13,15H,14H2,1H3,(H,24,25).